The second kappa shape index (κ2) is 4.01. The van der Waals surface area contributed by atoms with Gasteiger partial charge in [0.25, 0.3) is 0 Å². The lowest BCUT2D eigenvalue weighted by Crippen LogP contribution is -2.13. The van der Waals surface area contributed by atoms with E-state index in [-0.39, 0.29) is 5.41 Å². The minimum Gasteiger partial charge on any atom is -0.245 e. The summed E-state index contributed by atoms with van der Waals surface area (Å²) in [7, 11) is 0. The van der Waals surface area contributed by atoms with E-state index in [1.165, 1.54) is 15.6 Å². The fourth-order valence-corrected chi connectivity index (χ4v) is 2.67. The maximum atomic E-state index is 4.64. The standard InChI is InChI=1S/C10H17NS2/c1-5-8-11-9(10(2,3)4)7(6-12)13-8/h12H,5-6H2,1-4H3. The van der Waals surface area contributed by atoms with E-state index in [9.17, 15) is 0 Å². The van der Waals surface area contributed by atoms with Crippen LogP contribution in [0.2, 0.25) is 0 Å². The number of thiol groups is 1. The summed E-state index contributed by atoms with van der Waals surface area (Å²) in [4.78, 5) is 5.97. The first-order valence-corrected chi connectivity index (χ1v) is 6.03. The van der Waals surface area contributed by atoms with Crippen molar-refractivity contribution in [1.29, 1.82) is 0 Å². The molecule has 0 aliphatic heterocycles. The summed E-state index contributed by atoms with van der Waals surface area (Å²) in [6, 6.07) is 0. The first kappa shape index (κ1) is 11.1. The van der Waals surface area contributed by atoms with Gasteiger partial charge in [0.05, 0.1) is 10.7 Å². The number of hydrogen-bond acceptors (Lipinski definition) is 3. The molecular weight excluding hydrogens is 198 g/mol. The molecule has 1 nitrogen and oxygen atoms in total. The molecule has 0 aliphatic carbocycles. The van der Waals surface area contributed by atoms with Crippen LogP contribution in [0.5, 0.6) is 0 Å². The SMILES string of the molecule is CCc1nc(C(C)(C)C)c(CS)s1. The van der Waals surface area contributed by atoms with Gasteiger partial charge in [-0.3, -0.25) is 0 Å². The molecule has 3 heteroatoms. The van der Waals surface area contributed by atoms with Gasteiger partial charge in [0, 0.05) is 16.0 Å². The van der Waals surface area contributed by atoms with Gasteiger partial charge in [-0.1, -0.05) is 27.7 Å². The molecule has 74 valence electrons. The molecule has 1 aromatic rings. The van der Waals surface area contributed by atoms with E-state index < -0.39 is 0 Å². The molecule has 0 amide bonds. The highest BCUT2D eigenvalue weighted by Crippen LogP contribution is 2.30. The van der Waals surface area contributed by atoms with Crippen molar-refractivity contribution < 1.29 is 0 Å². The van der Waals surface area contributed by atoms with Gasteiger partial charge in [-0.25, -0.2) is 4.98 Å². The Morgan fingerprint density at radius 3 is 2.31 bits per heavy atom. The molecule has 0 atom stereocenters. The van der Waals surface area contributed by atoms with Crippen LogP contribution in [0.3, 0.4) is 0 Å². The molecule has 0 fully saturated rings. The minimum absolute atomic E-state index is 0.155. The summed E-state index contributed by atoms with van der Waals surface area (Å²) in [5, 5.41) is 1.23. The van der Waals surface area contributed by atoms with Crippen LogP contribution in [-0.2, 0) is 17.6 Å². The lowest BCUT2D eigenvalue weighted by atomic mass is 9.91. The Morgan fingerprint density at radius 2 is 2.00 bits per heavy atom. The van der Waals surface area contributed by atoms with Gasteiger partial charge in [-0.05, 0) is 6.42 Å². The molecule has 0 aliphatic rings. The molecule has 0 aromatic carbocycles. The van der Waals surface area contributed by atoms with E-state index in [1.54, 1.807) is 11.3 Å². The molecule has 0 saturated heterocycles. The average molecular weight is 215 g/mol. The molecule has 0 spiro atoms. The van der Waals surface area contributed by atoms with Crippen molar-refractivity contribution in [2.24, 2.45) is 0 Å². The van der Waals surface area contributed by atoms with Crippen LogP contribution < -0.4 is 0 Å². The maximum absolute atomic E-state index is 4.64. The number of aryl methyl sites for hydroxylation is 1. The second-order valence-electron chi connectivity index (χ2n) is 4.14. The normalized spacial score (nSPS) is 12.1. The lowest BCUT2D eigenvalue weighted by molar-refractivity contribution is 0.567. The highest BCUT2D eigenvalue weighted by atomic mass is 32.1. The smallest absolute Gasteiger partial charge is 0.0928 e. The minimum atomic E-state index is 0.155. The second-order valence-corrected chi connectivity index (χ2v) is 5.63. The maximum Gasteiger partial charge on any atom is 0.0928 e. The fourth-order valence-electron chi connectivity index (χ4n) is 1.24. The molecule has 0 N–H and O–H groups in total. The lowest BCUT2D eigenvalue weighted by Gasteiger charge is -2.16. The average Bonchev–Trinajstić information content (AvgIpc) is 2.46. The van der Waals surface area contributed by atoms with Gasteiger partial charge in [0.15, 0.2) is 0 Å². The number of hydrogen-bond donors (Lipinski definition) is 1. The third-order valence-corrected chi connectivity index (χ3v) is 3.63. The first-order valence-electron chi connectivity index (χ1n) is 4.59. The number of aromatic nitrogens is 1. The van der Waals surface area contributed by atoms with Gasteiger partial charge in [0.1, 0.15) is 0 Å². The van der Waals surface area contributed by atoms with Crippen molar-refractivity contribution in [2.75, 3.05) is 0 Å². The van der Waals surface area contributed by atoms with Crippen molar-refractivity contribution >= 4 is 24.0 Å². The number of nitrogens with zero attached hydrogens (tertiary/aromatic N) is 1. The van der Waals surface area contributed by atoms with E-state index >= 15 is 0 Å². The van der Waals surface area contributed by atoms with E-state index in [4.69, 9.17) is 0 Å². The predicted octanol–water partition coefficient (Wildman–Crippen LogP) is 3.43. The molecule has 1 aromatic heterocycles. The Hall–Kier alpha value is -0.0200. The zero-order chi connectivity index (χ0) is 10.1. The third-order valence-electron chi connectivity index (χ3n) is 1.90. The van der Waals surface area contributed by atoms with Crippen molar-refractivity contribution in [3.63, 3.8) is 0 Å². The van der Waals surface area contributed by atoms with E-state index in [0.717, 1.165) is 12.2 Å². The number of thiazole rings is 1. The first-order chi connectivity index (χ1) is 5.99. The predicted molar refractivity (Wildman–Crippen MR) is 62.9 cm³/mol. The van der Waals surface area contributed by atoms with Gasteiger partial charge in [0.2, 0.25) is 0 Å². The van der Waals surface area contributed by atoms with Gasteiger partial charge in [-0.2, -0.15) is 12.6 Å². The monoisotopic (exact) mass is 215 g/mol. The summed E-state index contributed by atoms with van der Waals surface area (Å²) in [6.45, 7) is 8.75. The molecule has 0 radical (unpaired) electrons. The van der Waals surface area contributed by atoms with Crippen molar-refractivity contribution in [3.05, 3.63) is 15.6 Å². The molecule has 0 saturated carbocycles. The molecule has 1 rings (SSSR count). The zero-order valence-electron chi connectivity index (χ0n) is 8.72. The molecule has 0 bridgehead atoms. The van der Waals surface area contributed by atoms with Crippen LogP contribution in [0.1, 0.15) is 43.3 Å². The topological polar surface area (TPSA) is 12.9 Å². The summed E-state index contributed by atoms with van der Waals surface area (Å²) in [6.07, 6.45) is 1.03. The van der Waals surface area contributed by atoms with Crippen LogP contribution in [0, 0.1) is 0 Å². The Kier molecular flexibility index (Phi) is 3.41. The van der Waals surface area contributed by atoms with Crippen LogP contribution in [0.25, 0.3) is 0 Å². The number of rotatable bonds is 2. The Labute approximate surface area is 90.0 Å². The molecule has 0 unspecified atom stereocenters. The summed E-state index contributed by atoms with van der Waals surface area (Å²) in [5.74, 6) is 0.810. The van der Waals surface area contributed by atoms with Crippen molar-refractivity contribution in [3.8, 4) is 0 Å². The van der Waals surface area contributed by atoms with Crippen LogP contribution in [-0.4, -0.2) is 4.98 Å². The van der Waals surface area contributed by atoms with Crippen LogP contribution in [0.4, 0.5) is 0 Å². The van der Waals surface area contributed by atoms with E-state index in [1.807, 2.05) is 0 Å². The molecule has 1 heterocycles. The van der Waals surface area contributed by atoms with Crippen LogP contribution >= 0.6 is 24.0 Å². The van der Waals surface area contributed by atoms with Crippen molar-refractivity contribution in [2.45, 2.75) is 45.3 Å². The highest BCUT2D eigenvalue weighted by molar-refractivity contribution is 7.79. The van der Waals surface area contributed by atoms with Gasteiger partial charge >= 0.3 is 0 Å². The Morgan fingerprint density at radius 1 is 1.38 bits per heavy atom. The zero-order valence-corrected chi connectivity index (χ0v) is 10.4. The Balaban J connectivity index is 3.11. The van der Waals surface area contributed by atoms with E-state index in [0.29, 0.717) is 0 Å². The summed E-state index contributed by atoms with van der Waals surface area (Å²) < 4.78 is 0. The molecular formula is C10H17NS2. The van der Waals surface area contributed by atoms with Gasteiger partial charge in [-0.15, -0.1) is 11.3 Å². The summed E-state index contributed by atoms with van der Waals surface area (Å²) in [5.41, 5.74) is 1.38. The quantitative estimate of drug-likeness (QED) is 0.746. The molecule has 13 heavy (non-hydrogen) atoms. The summed E-state index contributed by atoms with van der Waals surface area (Å²) >= 11 is 6.13. The fraction of sp³-hybridized carbons (Fsp3) is 0.700. The van der Waals surface area contributed by atoms with Gasteiger partial charge < -0.3 is 0 Å². The highest BCUT2D eigenvalue weighted by Gasteiger charge is 2.21. The van der Waals surface area contributed by atoms with Crippen molar-refractivity contribution in [1.82, 2.24) is 4.98 Å². The van der Waals surface area contributed by atoms with E-state index in [2.05, 4.69) is 45.3 Å². The Bertz CT molecular complexity index is 284. The largest absolute Gasteiger partial charge is 0.245 e. The van der Waals surface area contributed by atoms with Crippen LogP contribution in [0.15, 0.2) is 0 Å². The third kappa shape index (κ3) is 2.47.